The van der Waals surface area contributed by atoms with E-state index >= 15 is 0 Å². The van der Waals surface area contributed by atoms with Crippen molar-refractivity contribution in [2.45, 2.75) is 32.4 Å². The molecular weight excluding hydrogens is 368 g/mol. The molecule has 2 amide bonds. The van der Waals surface area contributed by atoms with Gasteiger partial charge in [-0.3, -0.25) is 9.59 Å². The normalized spacial score (nSPS) is 19.0. The van der Waals surface area contributed by atoms with Crippen molar-refractivity contribution in [3.63, 3.8) is 0 Å². The lowest BCUT2D eigenvalue weighted by Crippen LogP contribution is -2.48. The number of para-hydroxylation sites is 2. The number of rotatable bonds is 7. The Morgan fingerprint density at radius 1 is 1.07 bits per heavy atom. The van der Waals surface area contributed by atoms with Crippen LogP contribution in [0.4, 0.5) is 0 Å². The Bertz CT molecular complexity index is 867. The summed E-state index contributed by atoms with van der Waals surface area (Å²) in [5.41, 5.74) is 1.78. The monoisotopic (exact) mass is 396 g/mol. The number of nitrogens with one attached hydrogen (secondary N) is 1. The molecule has 1 aliphatic heterocycles. The van der Waals surface area contributed by atoms with Crippen molar-refractivity contribution < 1.29 is 19.1 Å². The van der Waals surface area contributed by atoms with Crippen LogP contribution in [0.5, 0.6) is 11.5 Å². The van der Waals surface area contributed by atoms with Crippen LogP contribution < -0.4 is 14.8 Å². The van der Waals surface area contributed by atoms with E-state index in [1.165, 1.54) is 0 Å². The molecule has 2 aromatic rings. The lowest BCUT2D eigenvalue weighted by Gasteiger charge is -2.40. The molecule has 29 heavy (non-hydrogen) atoms. The topological polar surface area (TPSA) is 67.9 Å². The molecule has 0 radical (unpaired) electrons. The van der Waals surface area contributed by atoms with Gasteiger partial charge in [0.25, 0.3) is 0 Å². The van der Waals surface area contributed by atoms with Gasteiger partial charge in [0.15, 0.2) is 0 Å². The molecule has 2 atom stereocenters. The summed E-state index contributed by atoms with van der Waals surface area (Å²) < 4.78 is 10.9. The number of carbonyl (C=O) groups is 2. The summed E-state index contributed by atoms with van der Waals surface area (Å²) in [6.45, 7) is 2.85. The molecule has 1 saturated heterocycles. The summed E-state index contributed by atoms with van der Waals surface area (Å²) >= 11 is 0. The number of carbonyl (C=O) groups excluding carboxylic acids is 2. The fraction of sp³-hybridized carbons (Fsp3) is 0.391. The number of nitrogens with zero attached hydrogens (tertiary/aromatic N) is 1. The first-order chi connectivity index (χ1) is 14.1. The zero-order valence-electron chi connectivity index (χ0n) is 17.2. The number of methoxy groups -OCH3 is 2. The highest BCUT2D eigenvalue weighted by atomic mass is 16.5. The van der Waals surface area contributed by atoms with Crippen LogP contribution in [0.2, 0.25) is 0 Å². The summed E-state index contributed by atoms with van der Waals surface area (Å²) in [5.74, 6) is 1.07. The quantitative estimate of drug-likeness (QED) is 0.780. The first-order valence-corrected chi connectivity index (χ1v) is 9.92. The predicted octanol–water partition coefficient (Wildman–Crippen LogP) is 3.32. The highest BCUT2D eigenvalue weighted by molar-refractivity contribution is 5.85. The molecule has 0 bridgehead atoms. The van der Waals surface area contributed by atoms with Crippen molar-refractivity contribution in [1.29, 1.82) is 0 Å². The minimum Gasteiger partial charge on any atom is -0.496 e. The van der Waals surface area contributed by atoms with E-state index in [9.17, 15) is 9.59 Å². The van der Waals surface area contributed by atoms with Gasteiger partial charge in [-0.2, -0.15) is 0 Å². The fourth-order valence-electron chi connectivity index (χ4n) is 4.06. The van der Waals surface area contributed by atoms with E-state index in [1.807, 2.05) is 55.5 Å². The number of hydrogen-bond donors (Lipinski definition) is 1. The number of likely N-dealkylation sites (tertiary alicyclic amines) is 1. The summed E-state index contributed by atoms with van der Waals surface area (Å²) in [7, 11) is 3.22. The molecule has 0 aromatic heterocycles. The third kappa shape index (κ3) is 4.36. The molecule has 0 saturated carbocycles. The van der Waals surface area contributed by atoms with Crippen LogP contribution in [0.25, 0.3) is 0 Å². The highest BCUT2D eigenvalue weighted by Crippen LogP contribution is 2.40. The third-order valence-electron chi connectivity index (χ3n) is 5.49. The van der Waals surface area contributed by atoms with Crippen molar-refractivity contribution in [2.24, 2.45) is 5.92 Å². The molecule has 6 heteroatoms. The van der Waals surface area contributed by atoms with E-state index in [0.29, 0.717) is 31.7 Å². The van der Waals surface area contributed by atoms with Gasteiger partial charge in [-0.25, -0.2) is 0 Å². The van der Waals surface area contributed by atoms with Crippen LogP contribution in [-0.2, 0) is 16.1 Å². The lowest BCUT2D eigenvalue weighted by atomic mass is 9.83. The maximum atomic E-state index is 13.2. The second kappa shape index (κ2) is 9.45. The molecule has 0 unspecified atom stereocenters. The maximum absolute atomic E-state index is 13.2. The van der Waals surface area contributed by atoms with Gasteiger partial charge in [-0.15, -0.1) is 0 Å². The molecule has 1 N–H and O–H groups in total. The zero-order chi connectivity index (χ0) is 20.8. The van der Waals surface area contributed by atoms with E-state index < -0.39 is 0 Å². The minimum atomic E-state index is -0.352. The molecule has 1 heterocycles. The molecule has 6 nitrogen and oxygen atoms in total. The van der Waals surface area contributed by atoms with Crippen LogP contribution in [0.1, 0.15) is 36.9 Å². The van der Waals surface area contributed by atoms with E-state index in [4.69, 9.17) is 9.47 Å². The first-order valence-electron chi connectivity index (χ1n) is 9.92. The summed E-state index contributed by atoms with van der Waals surface area (Å²) in [5, 5.41) is 3.04. The maximum Gasteiger partial charge on any atom is 0.225 e. The Morgan fingerprint density at radius 2 is 1.72 bits per heavy atom. The number of benzene rings is 2. The van der Waals surface area contributed by atoms with Crippen LogP contribution in [0, 0.1) is 5.92 Å². The second-order valence-electron chi connectivity index (χ2n) is 7.04. The van der Waals surface area contributed by atoms with Crippen molar-refractivity contribution in [3.8, 4) is 11.5 Å². The van der Waals surface area contributed by atoms with Crippen molar-refractivity contribution in [1.82, 2.24) is 10.2 Å². The van der Waals surface area contributed by atoms with Gasteiger partial charge in [0.1, 0.15) is 11.5 Å². The van der Waals surface area contributed by atoms with Crippen LogP contribution in [0.3, 0.4) is 0 Å². The van der Waals surface area contributed by atoms with Gasteiger partial charge in [-0.05, 0) is 25.5 Å². The number of piperidine rings is 1. The summed E-state index contributed by atoms with van der Waals surface area (Å²) in [6.07, 6.45) is 0.877. The van der Waals surface area contributed by atoms with E-state index in [-0.39, 0.29) is 23.8 Å². The molecule has 0 aliphatic carbocycles. The number of amides is 2. The zero-order valence-corrected chi connectivity index (χ0v) is 17.2. The minimum absolute atomic E-state index is 0.0668. The lowest BCUT2D eigenvalue weighted by molar-refractivity contribution is -0.143. The Labute approximate surface area is 171 Å². The molecule has 2 aromatic carbocycles. The van der Waals surface area contributed by atoms with Crippen molar-refractivity contribution >= 4 is 11.8 Å². The van der Waals surface area contributed by atoms with Crippen molar-refractivity contribution in [2.75, 3.05) is 20.8 Å². The van der Waals surface area contributed by atoms with Crippen LogP contribution >= 0.6 is 0 Å². The first kappa shape index (κ1) is 20.7. The molecule has 0 spiro atoms. The van der Waals surface area contributed by atoms with Gasteiger partial charge in [0.2, 0.25) is 11.8 Å². The van der Waals surface area contributed by atoms with Crippen molar-refractivity contribution in [3.05, 3.63) is 59.7 Å². The molecule has 1 fully saturated rings. The Hall–Kier alpha value is -3.02. The molecule has 1 aliphatic rings. The second-order valence-corrected chi connectivity index (χ2v) is 7.04. The van der Waals surface area contributed by atoms with Gasteiger partial charge in [0.05, 0.1) is 26.2 Å². The van der Waals surface area contributed by atoms with Gasteiger partial charge in [-0.1, -0.05) is 36.4 Å². The Kier molecular flexibility index (Phi) is 6.75. The van der Waals surface area contributed by atoms with Gasteiger partial charge in [0, 0.05) is 30.6 Å². The number of hydrogen-bond acceptors (Lipinski definition) is 4. The van der Waals surface area contributed by atoms with Gasteiger partial charge >= 0.3 is 0 Å². The third-order valence-corrected chi connectivity index (χ3v) is 5.49. The van der Waals surface area contributed by atoms with E-state index in [1.54, 1.807) is 19.1 Å². The summed E-state index contributed by atoms with van der Waals surface area (Å²) in [4.78, 5) is 27.6. The molecule has 154 valence electrons. The standard InChI is InChI=1S/C23H28N2O4/c1-4-25-21(26)14-13-18(22(25)17-10-6-8-12-20(17)29-3)23(27)24-15-16-9-5-7-11-19(16)28-2/h5-12,18,22H,4,13-15H2,1-3H3,(H,24,27)/t18-,22+/m1/s1. The Morgan fingerprint density at radius 3 is 2.41 bits per heavy atom. The predicted molar refractivity (Wildman–Crippen MR) is 111 cm³/mol. The van der Waals surface area contributed by atoms with Crippen LogP contribution in [-0.4, -0.2) is 37.5 Å². The average Bonchev–Trinajstić information content (AvgIpc) is 2.77. The fourth-order valence-corrected chi connectivity index (χ4v) is 4.06. The summed E-state index contributed by atoms with van der Waals surface area (Å²) in [6, 6.07) is 14.9. The molecule has 3 rings (SSSR count). The van der Waals surface area contributed by atoms with E-state index in [2.05, 4.69) is 5.32 Å². The highest BCUT2D eigenvalue weighted by Gasteiger charge is 2.41. The molecular formula is C23H28N2O4. The van der Waals surface area contributed by atoms with Crippen LogP contribution in [0.15, 0.2) is 48.5 Å². The largest absolute Gasteiger partial charge is 0.496 e. The van der Waals surface area contributed by atoms with Gasteiger partial charge < -0.3 is 19.7 Å². The van der Waals surface area contributed by atoms with E-state index in [0.717, 1.165) is 16.9 Å². The average molecular weight is 396 g/mol. The SMILES string of the molecule is CCN1C(=O)CC[C@@H](C(=O)NCc2ccccc2OC)[C@@H]1c1ccccc1OC. The smallest absolute Gasteiger partial charge is 0.225 e. The number of ether oxygens (including phenoxy) is 2. The Balaban J connectivity index is 1.86.